The summed E-state index contributed by atoms with van der Waals surface area (Å²) in [7, 11) is -14.0. The van der Waals surface area contributed by atoms with Gasteiger partial charge in [-0.15, -0.1) is 0 Å². The van der Waals surface area contributed by atoms with Crippen LogP contribution < -0.4 is 0 Å². The van der Waals surface area contributed by atoms with Crippen LogP contribution in [0.2, 0.25) is 0 Å². The molecule has 9 N–H and O–H groups in total. The van der Waals surface area contributed by atoms with E-state index >= 15 is 0 Å². The molecule has 0 aromatic carbocycles. The van der Waals surface area contributed by atoms with Gasteiger partial charge in [0, 0.05) is 83.5 Å². The quantitative estimate of drug-likeness (QED) is 0.0429. The molecule has 2 aliphatic rings. The molecule has 2 rings (SSSR count). The Hall–Kier alpha value is -1.71. The molecule has 0 saturated carbocycles. The molecule has 2 radical (unpaired) electrons. The van der Waals surface area contributed by atoms with Gasteiger partial charge in [0.25, 0.3) is 0 Å². The first kappa shape index (κ1) is 56.6. The van der Waals surface area contributed by atoms with E-state index in [1.165, 1.54) is 0 Å². The monoisotopic (exact) mass is 984 g/mol. The van der Waals surface area contributed by atoms with E-state index in [9.17, 15) is 39.3 Å². The van der Waals surface area contributed by atoms with Crippen LogP contribution >= 0.6 is 0 Å². The van der Waals surface area contributed by atoms with Crippen LogP contribution in [0.1, 0.15) is 34.6 Å². The van der Waals surface area contributed by atoms with Gasteiger partial charge < -0.3 is 53.2 Å². The number of carbonyl (C=O) groups is 5. The van der Waals surface area contributed by atoms with Gasteiger partial charge in [0.15, 0.2) is 18.3 Å². The number of carbonyl (C=O) groups excluding carboxylic acids is 5. The van der Waals surface area contributed by atoms with Gasteiger partial charge in [0.1, 0.15) is 37.6 Å². The second-order valence-electron chi connectivity index (χ2n) is 9.90. The van der Waals surface area contributed by atoms with Crippen molar-refractivity contribution in [2.75, 3.05) is 19.8 Å². The summed E-state index contributed by atoms with van der Waals surface area (Å²) in [4.78, 5) is 58.8. The topological polar surface area (TPSA) is 444 Å². The van der Waals surface area contributed by atoms with Crippen LogP contribution in [-0.4, -0.2) is 221 Å². The SMILES string of the molecule is CC(=O)OC[C@H]1O[C@@](COC(C)=O)(O[C@H]2O[C@H](CO)[C@@H](O)[C@H](O)[C@H]2OC(C)=O)[C@@H](OC(C)=O)[C@@H]1OC(C)=O.O=S(=O)(O)O.O=S(=O)(O)O.O=S(=O)(O)O.[Ba]. The number of esters is 5. The standard InChI is InChI=1S/C22H32O16.Ba.3H2O4S/c1-9(24)31-7-15-18(33-11(3)26)20(35-13(5)28)22(37-15,8-32-10(2)25)38-21-19(34-12(4)27)17(30)16(29)14(6-23)36-21;;3*1-5(2,3)4/h14-21,23,29-30H,6-8H2,1-5H3;;3*(H2,1,2,3,4)/t14-,15-,16-,17+,18-,19-,20+,21-,22+;;;;/m1..../s1. The minimum Gasteiger partial charge on any atom is -0.463 e. The third kappa shape index (κ3) is 27.0. The molecule has 0 aliphatic carbocycles. The molecule has 32 heteroatoms. The Morgan fingerprint density at radius 2 is 1.00 bits per heavy atom. The smallest absolute Gasteiger partial charge is 0.394 e. The summed E-state index contributed by atoms with van der Waals surface area (Å²) >= 11 is 0. The van der Waals surface area contributed by atoms with Gasteiger partial charge in [0.05, 0.1) is 6.61 Å². The molecule has 0 bridgehead atoms. The van der Waals surface area contributed by atoms with Crippen molar-refractivity contribution in [1.29, 1.82) is 0 Å². The Morgan fingerprint density at radius 1 is 0.611 bits per heavy atom. The summed E-state index contributed by atoms with van der Waals surface area (Å²) in [6.07, 6.45) is -13.1. The van der Waals surface area contributed by atoms with Crippen LogP contribution in [0.3, 0.4) is 0 Å². The summed E-state index contributed by atoms with van der Waals surface area (Å²) in [5, 5.41) is 30.4. The maximum atomic E-state index is 12.1. The van der Waals surface area contributed by atoms with Crippen molar-refractivity contribution in [3.8, 4) is 0 Å². The van der Waals surface area contributed by atoms with E-state index in [1.54, 1.807) is 0 Å². The van der Waals surface area contributed by atoms with Gasteiger partial charge in [-0.2, -0.15) is 25.3 Å². The zero-order chi connectivity index (χ0) is 42.3. The van der Waals surface area contributed by atoms with Gasteiger partial charge in [-0.05, 0) is 0 Å². The van der Waals surface area contributed by atoms with Gasteiger partial charge in [-0.1, -0.05) is 0 Å². The van der Waals surface area contributed by atoms with Gasteiger partial charge in [-0.25, -0.2) is 0 Å². The molecular weight excluding hydrogens is 946 g/mol. The maximum Gasteiger partial charge on any atom is 0.394 e. The normalized spacial score (nSPS) is 27.6. The fourth-order valence-corrected chi connectivity index (χ4v) is 3.94. The summed E-state index contributed by atoms with van der Waals surface area (Å²) < 4.78 is 138. The molecule has 0 aromatic rings. The van der Waals surface area contributed by atoms with Crippen molar-refractivity contribution in [2.24, 2.45) is 0 Å². The van der Waals surface area contributed by atoms with E-state index in [4.69, 9.17) is 90.5 Å². The van der Waals surface area contributed by atoms with Crippen molar-refractivity contribution in [2.45, 2.75) is 89.4 Å². The molecule has 2 fully saturated rings. The molecule has 0 aromatic heterocycles. The molecule has 2 heterocycles. The predicted octanol–water partition coefficient (Wildman–Crippen LogP) is -4.88. The second-order valence-corrected chi connectivity index (χ2v) is 12.6. The third-order valence-electron chi connectivity index (χ3n) is 5.41. The van der Waals surface area contributed by atoms with Gasteiger partial charge in [-0.3, -0.25) is 51.3 Å². The van der Waals surface area contributed by atoms with Crippen LogP contribution in [0, 0.1) is 0 Å². The molecule has 54 heavy (non-hydrogen) atoms. The molecular formula is C22H38BaO28S3. The minimum atomic E-state index is -4.67. The zero-order valence-corrected chi connectivity index (χ0v) is 35.3. The molecule has 0 spiro atoms. The molecule has 9 atom stereocenters. The summed E-state index contributed by atoms with van der Waals surface area (Å²) in [5.74, 6) is -6.61. The van der Waals surface area contributed by atoms with E-state index in [0.29, 0.717) is 0 Å². The number of hydrogen-bond acceptors (Lipinski definition) is 22. The molecule has 28 nitrogen and oxygen atoms in total. The van der Waals surface area contributed by atoms with E-state index in [-0.39, 0.29) is 48.9 Å². The van der Waals surface area contributed by atoms with E-state index in [1.807, 2.05) is 0 Å². The zero-order valence-electron chi connectivity index (χ0n) is 28.5. The molecule has 314 valence electrons. The first-order valence-electron chi connectivity index (χ1n) is 13.6. The molecule has 2 saturated heterocycles. The maximum absolute atomic E-state index is 12.1. The van der Waals surface area contributed by atoms with E-state index in [2.05, 4.69) is 0 Å². The van der Waals surface area contributed by atoms with E-state index < -0.39 is 136 Å². The van der Waals surface area contributed by atoms with Crippen molar-refractivity contribution in [3.05, 3.63) is 0 Å². The fraction of sp³-hybridized carbons (Fsp3) is 0.773. The number of ether oxygens (including phenoxy) is 8. The first-order chi connectivity index (χ1) is 23.7. The first-order valence-corrected chi connectivity index (χ1v) is 17.8. The largest absolute Gasteiger partial charge is 0.463 e. The molecule has 0 amide bonds. The van der Waals surface area contributed by atoms with E-state index in [0.717, 1.165) is 34.6 Å². The van der Waals surface area contributed by atoms with Crippen molar-refractivity contribution in [1.82, 2.24) is 0 Å². The van der Waals surface area contributed by atoms with Crippen molar-refractivity contribution < 1.29 is 130 Å². The average Bonchev–Trinajstić information content (AvgIpc) is 3.18. The average molecular weight is 984 g/mol. The van der Waals surface area contributed by atoms with Crippen LogP contribution in [-0.2, 0) is 93.1 Å². The number of aliphatic hydroxyl groups is 3. The fourth-order valence-electron chi connectivity index (χ4n) is 3.94. The summed E-state index contributed by atoms with van der Waals surface area (Å²) in [6.45, 7) is 3.04. The number of hydrogen-bond donors (Lipinski definition) is 9. The minimum absolute atomic E-state index is 0. The van der Waals surface area contributed by atoms with Crippen molar-refractivity contribution >= 4 is 110 Å². The van der Waals surface area contributed by atoms with Crippen LogP contribution in [0.15, 0.2) is 0 Å². The predicted molar refractivity (Wildman–Crippen MR) is 165 cm³/mol. The van der Waals surface area contributed by atoms with Crippen LogP contribution in [0.25, 0.3) is 0 Å². The van der Waals surface area contributed by atoms with Gasteiger partial charge >= 0.3 is 61.0 Å². The van der Waals surface area contributed by atoms with Gasteiger partial charge in [0.2, 0.25) is 12.1 Å². The number of rotatable bonds is 10. The number of aliphatic hydroxyl groups excluding tert-OH is 3. The second kappa shape index (κ2) is 24.8. The molecule has 2 aliphatic heterocycles. The van der Waals surface area contributed by atoms with Crippen LogP contribution in [0.5, 0.6) is 0 Å². The summed E-state index contributed by atoms with van der Waals surface area (Å²) in [5.41, 5.74) is 0. The Balaban J connectivity index is -0.00000137. The van der Waals surface area contributed by atoms with Crippen molar-refractivity contribution in [3.63, 3.8) is 0 Å². The Morgan fingerprint density at radius 3 is 1.35 bits per heavy atom. The molecule has 0 unspecified atom stereocenters. The Bertz CT molecular complexity index is 1470. The Labute approximate surface area is 346 Å². The summed E-state index contributed by atoms with van der Waals surface area (Å²) in [6, 6.07) is 0. The Kier molecular flexibility index (Phi) is 26.0. The van der Waals surface area contributed by atoms with Crippen LogP contribution in [0.4, 0.5) is 0 Å². The third-order valence-corrected chi connectivity index (χ3v) is 5.41.